The van der Waals surface area contributed by atoms with Crippen LogP contribution in [0, 0.1) is 4.91 Å². The zero-order valence-corrected chi connectivity index (χ0v) is 15.9. The van der Waals surface area contributed by atoms with Gasteiger partial charge in [0.15, 0.2) is 0 Å². The molecule has 10 heteroatoms. The van der Waals surface area contributed by atoms with Gasteiger partial charge in [-0.2, -0.15) is 10.0 Å². The Labute approximate surface area is 167 Å². The third kappa shape index (κ3) is 4.93. The van der Waals surface area contributed by atoms with Crippen LogP contribution < -0.4 is 15.6 Å². The van der Waals surface area contributed by atoms with Crippen LogP contribution in [0.3, 0.4) is 0 Å². The average molecular weight is 395 g/mol. The van der Waals surface area contributed by atoms with Gasteiger partial charge in [0.1, 0.15) is 11.4 Å². The van der Waals surface area contributed by atoms with Crippen LogP contribution >= 0.6 is 0 Å². The highest BCUT2D eigenvalue weighted by molar-refractivity contribution is 5.90. The molecule has 0 atom stereocenters. The van der Waals surface area contributed by atoms with Gasteiger partial charge in [-0.3, -0.25) is 4.98 Å². The molecule has 150 valence electrons. The van der Waals surface area contributed by atoms with Crippen molar-refractivity contribution in [1.82, 2.24) is 19.7 Å². The van der Waals surface area contributed by atoms with Gasteiger partial charge in [-0.25, -0.2) is 20.3 Å². The van der Waals surface area contributed by atoms with Crippen LogP contribution in [-0.2, 0) is 6.54 Å². The van der Waals surface area contributed by atoms with Crippen molar-refractivity contribution in [3.63, 3.8) is 0 Å². The van der Waals surface area contributed by atoms with Crippen molar-refractivity contribution in [2.75, 3.05) is 25.2 Å². The monoisotopic (exact) mass is 395 g/mol. The minimum absolute atomic E-state index is 0.0418. The zero-order valence-electron chi connectivity index (χ0n) is 15.9. The van der Waals surface area contributed by atoms with Gasteiger partial charge in [0, 0.05) is 25.5 Å². The number of methoxy groups -OCH3 is 1. The predicted octanol–water partition coefficient (Wildman–Crippen LogP) is 2.34. The number of amides is 2. The summed E-state index contributed by atoms with van der Waals surface area (Å²) in [6, 6.07) is 10.4. The van der Waals surface area contributed by atoms with Crippen LogP contribution in [0.25, 0.3) is 5.69 Å². The molecule has 0 saturated heterocycles. The molecule has 0 radical (unpaired) electrons. The molecule has 0 aliphatic heterocycles. The van der Waals surface area contributed by atoms with E-state index in [0.29, 0.717) is 11.4 Å². The number of aromatic nitrogens is 3. The number of hydrogen-bond acceptors (Lipinski definition) is 7. The van der Waals surface area contributed by atoms with E-state index in [1.807, 2.05) is 24.3 Å². The molecule has 29 heavy (non-hydrogen) atoms. The Kier molecular flexibility index (Phi) is 6.48. The van der Waals surface area contributed by atoms with E-state index >= 15 is 0 Å². The first-order chi connectivity index (χ1) is 14.1. The number of nitroso groups, excluding NO2 is 1. The van der Waals surface area contributed by atoms with Crippen molar-refractivity contribution in [3.8, 4) is 11.4 Å². The number of hydrazine groups is 1. The van der Waals surface area contributed by atoms with Crippen molar-refractivity contribution in [3.05, 3.63) is 71.7 Å². The minimum atomic E-state index is -0.481. The van der Waals surface area contributed by atoms with Gasteiger partial charge in [-0.1, -0.05) is 17.3 Å². The summed E-state index contributed by atoms with van der Waals surface area (Å²) < 4.78 is 6.80. The smallest absolute Gasteiger partial charge is 0.339 e. The first-order valence-corrected chi connectivity index (χ1v) is 8.83. The van der Waals surface area contributed by atoms with Gasteiger partial charge in [0.05, 0.1) is 31.7 Å². The van der Waals surface area contributed by atoms with Gasteiger partial charge in [0.2, 0.25) is 0 Å². The SMILES string of the molecule is COc1cccc(CN(CCN=O)C(=O)N(N)c2cnn(-c3ccncc3)c2)c1. The number of hydrogen-bond donors (Lipinski definition) is 1. The van der Waals surface area contributed by atoms with E-state index in [-0.39, 0.29) is 19.6 Å². The minimum Gasteiger partial charge on any atom is -0.497 e. The molecule has 0 spiro atoms. The maximum Gasteiger partial charge on any atom is 0.339 e. The fourth-order valence-corrected chi connectivity index (χ4v) is 2.73. The standard InChI is InChI=1S/C19H21N7O3/c1-29-18-4-2-3-15(11-18)13-24(10-9-23-28)19(27)26(20)17-12-22-25(14-17)16-5-7-21-8-6-16/h2-8,11-12,14H,9-10,13,20H2,1H3. The summed E-state index contributed by atoms with van der Waals surface area (Å²) in [5.41, 5.74) is 2.02. The third-order valence-electron chi connectivity index (χ3n) is 4.22. The molecule has 2 heterocycles. The average Bonchev–Trinajstić information content (AvgIpc) is 3.26. The number of pyridine rings is 1. The van der Waals surface area contributed by atoms with Gasteiger partial charge in [-0.05, 0) is 29.8 Å². The van der Waals surface area contributed by atoms with Crippen LogP contribution in [0.4, 0.5) is 10.5 Å². The molecule has 10 nitrogen and oxygen atoms in total. The molecule has 3 aromatic rings. The van der Waals surface area contributed by atoms with E-state index in [1.54, 1.807) is 42.5 Å². The number of urea groups is 1. The first-order valence-electron chi connectivity index (χ1n) is 8.83. The fourth-order valence-electron chi connectivity index (χ4n) is 2.73. The van der Waals surface area contributed by atoms with Gasteiger partial charge in [0.25, 0.3) is 0 Å². The predicted molar refractivity (Wildman–Crippen MR) is 107 cm³/mol. The molecule has 0 aliphatic rings. The molecule has 2 N–H and O–H groups in total. The van der Waals surface area contributed by atoms with Crippen molar-refractivity contribution in [2.45, 2.75) is 6.54 Å². The topological polar surface area (TPSA) is 119 Å². The lowest BCUT2D eigenvalue weighted by atomic mass is 10.2. The summed E-state index contributed by atoms with van der Waals surface area (Å²) in [5.74, 6) is 6.73. The van der Waals surface area contributed by atoms with Crippen molar-refractivity contribution < 1.29 is 9.53 Å². The van der Waals surface area contributed by atoms with Crippen molar-refractivity contribution >= 4 is 11.7 Å². The van der Waals surface area contributed by atoms with Crippen molar-refractivity contribution in [1.29, 1.82) is 0 Å². The number of anilines is 1. The molecular formula is C19H21N7O3. The maximum atomic E-state index is 13.0. The Morgan fingerprint density at radius 3 is 2.79 bits per heavy atom. The summed E-state index contributed by atoms with van der Waals surface area (Å²) in [6.07, 6.45) is 6.41. The second kappa shape index (κ2) is 9.42. The summed E-state index contributed by atoms with van der Waals surface area (Å²) in [7, 11) is 1.57. The Morgan fingerprint density at radius 2 is 2.07 bits per heavy atom. The van der Waals surface area contributed by atoms with Crippen LogP contribution in [0.1, 0.15) is 5.56 Å². The molecule has 0 saturated carbocycles. The van der Waals surface area contributed by atoms with Crippen LogP contribution in [-0.4, -0.2) is 45.9 Å². The van der Waals surface area contributed by atoms with E-state index in [1.165, 1.54) is 11.1 Å². The second-order valence-electron chi connectivity index (χ2n) is 6.13. The molecule has 2 amide bonds. The van der Waals surface area contributed by atoms with Gasteiger partial charge < -0.3 is 9.64 Å². The number of carbonyl (C=O) groups excluding carboxylic acids is 1. The molecule has 0 unspecified atom stereocenters. The van der Waals surface area contributed by atoms with E-state index in [2.05, 4.69) is 15.3 Å². The van der Waals surface area contributed by atoms with E-state index in [9.17, 15) is 9.70 Å². The molecule has 0 fully saturated rings. The normalized spacial score (nSPS) is 10.4. The number of rotatable bonds is 8. The molecule has 3 rings (SSSR count). The lowest BCUT2D eigenvalue weighted by Gasteiger charge is -2.26. The molecule has 1 aromatic carbocycles. The van der Waals surface area contributed by atoms with Crippen LogP contribution in [0.2, 0.25) is 0 Å². The highest BCUT2D eigenvalue weighted by Gasteiger charge is 2.22. The van der Waals surface area contributed by atoms with E-state index in [4.69, 9.17) is 10.6 Å². The van der Waals surface area contributed by atoms with Gasteiger partial charge in [-0.15, -0.1) is 0 Å². The Hall–Kier alpha value is -3.79. The zero-order chi connectivity index (χ0) is 20.6. The number of nitrogens with zero attached hydrogens (tertiary/aromatic N) is 6. The lowest BCUT2D eigenvalue weighted by molar-refractivity contribution is 0.203. The Balaban J connectivity index is 1.77. The van der Waals surface area contributed by atoms with E-state index in [0.717, 1.165) is 16.3 Å². The quantitative estimate of drug-likeness (QED) is 0.271. The largest absolute Gasteiger partial charge is 0.497 e. The van der Waals surface area contributed by atoms with Crippen molar-refractivity contribution in [2.24, 2.45) is 11.0 Å². The lowest BCUT2D eigenvalue weighted by Crippen LogP contribution is -2.47. The van der Waals surface area contributed by atoms with Gasteiger partial charge >= 0.3 is 6.03 Å². The third-order valence-corrected chi connectivity index (χ3v) is 4.22. The Morgan fingerprint density at radius 1 is 1.28 bits per heavy atom. The van der Waals surface area contributed by atoms with Crippen LogP contribution in [0.15, 0.2) is 66.4 Å². The number of benzene rings is 1. The summed E-state index contributed by atoms with van der Waals surface area (Å²) >= 11 is 0. The highest BCUT2D eigenvalue weighted by atomic mass is 16.5. The highest BCUT2D eigenvalue weighted by Crippen LogP contribution is 2.18. The number of nitrogens with two attached hydrogens (primary N) is 1. The number of carbonyl (C=O) groups is 1. The van der Waals surface area contributed by atoms with E-state index < -0.39 is 6.03 Å². The Bertz CT molecular complexity index is 961. The summed E-state index contributed by atoms with van der Waals surface area (Å²) in [6.45, 7) is 0.337. The summed E-state index contributed by atoms with van der Waals surface area (Å²) in [4.78, 5) is 29.0. The fraction of sp³-hybridized carbons (Fsp3) is 0.211. The summed E-state index contributed by atoms with van der Waals surface area (Å²) in [5, 5.41) is 8.08. The molecule has 0 bridgehead atoms. The maximum absolute atomic E-state index is 13.0. The second-order valence-corrected chi connectivity index (χ2v) is 6.13. The number of ether oxygens (including phenoxy) is 1. The first kappa shape index (κ1) is 20.0. The van der Waals surface area contributed by atoms with Crippen LogP contribution in [0.5, 0.6) is 5.75 Å². The molecular weight excluding hydrogens is 374 g/mol. The molecule has 0 aliphatic carbocycles. The molecule has 2 aromatic heterocycles.